The van der Waals surface area contributed by atoms with Crippen molar-refractivity contribution in [1.29, 1.82) is 0 Å². The Morgan fingerprint density at radius 3 is 2.68 bits per heavy atom. The Morgan fingerprint density at radius 2 is 2.04 bits per heavy atom. The van der Waals surface area contributed by atoms with Gasteiger partial charge in [0, 0.05) is 6.07 Å². The molecule has 2 aromatic heterocycles. The van der Waals surface area contributed by atoms with Crippen LogP contribution in [-0.4, -0.2) is 22.1 Å². The first-order valence-electron chi connectivity index (χ1n) is 7.22. The zero-order valence-corrected chi connectivity index (χ0v) is 14.2. The van der Waals surface area contributed by atoms with Crippen LogP contribution < -0.4 is 5.32 Å². The largest absolute Gasteiger partial charge is 0.461 e. The molecule has 0 aliphatic heterocycles. The lowest BCUT2D eigenvalue weighted by molar-refractivity contribution is 0.102. The zero-order chi connectivity index (χ0) is 18.0. The van der Waals surface area contributed by atoms with Crippen LogP contribution in [0.25, 0.3) is 11.6 Å². The standard InChI is InChI=1S/C17H13F2N3O2S/c1-9-14(16(23)21-12-6-5-10(18)8-11(12)19)17(25-2)22-15(20-9)13-4-3-7-24-13/h3-8H,1-2H3,(H,21,23). The highest BCUT2D eigenvalue weighted by Crippen LogP contribution is 2.26. The molecule has 0 atom stereocenters. The summed E-state index contributed by atoms with van der Waals surface area (Å²) < 4.78 is 32.0. The van der Waals surface area contributed by atoms with Crippen molar-refractivity contribution in [2.45, 2.75) is 11.9 Å². The quantitative estimate of drug-likeness (QED) is 0.554. The summed E-state index contributed by atoms with van der Waals surface area (Å²) >= 11 is 1.26. The predicted octanol–water partition coefficient (Wildman–Crippen LogP) is 4.30. The minimum Gasteiger partial charge on any atom is -0.461 e. The van der Waals surface area contributed by atoms with E-state index in [9.17, 15) is 13.6 Å². The molecule has 0 aliphatic rings. The molecular formula is C17H13F2N3O2S. The minimum absolute atomic E-state index is 0.118. The van der Waals surface area contributed by atoms with Crippen LogP contribution in [0.5, 0.6) is 0 Å². The second-order valence-electron chi connectivity index (χ2n) is 5.07. The molecule has 5 nitrogen and oxygen atoms in total. The van der Waals surface area contributed by atoms with Crippen molar-refractivity contribution >= 4 is 23.4 Å². The van der Waals surface area contributed by atoms with Crippen molar-refractivity contribution in [2.75, 3.05) is 11.6 Å². The average Bonchev–Trinajstić information content (AvgIpc) is 3.11. The van der Waals surface area contributed by atoms with Crippen LogP contribution in [0, 0.1) is 18.6 Å². The number of amides is 1. The molecule has 25 heavy (non-hydrogen) atoms. The maximum absolute atomic E-state index is 13.8. The predicted molar refractivity (Wildman–Crippen MR) is 90.6 cm³/mol. The van der Waals surface area contributed by atoms with Crippen molar-refractivity contribution in [3.63, 3.8) is 0 Å². The number of hydrogen-bond acceptors (Lipinski definition) is 5. The highest BCUT2D eigenvalue weighted by molar-refractivity contribution is 7.98. The molecule has 1 amide bonds. The summed E-state index contributed by atoms with van der Waals surface area (Å²) in [6, 6.07) is 6.36. The first kappa shape index (κ1) is 17.1. The second-order valence-corrected chi connectivity index (χ2v) is 5.87. The van der Waals surface area contributed by atoms with E-state index in [1.165, 1.54) is 18.0 Å². The molecule has 3 rings (SSSR count). The van der Waals surface area contributed by atoms with Crippen LogP contribution >= 0.6 is 11.8 Å². The fourth-order valence-electron chi connectivity index (χ4n) is 2.25. The van der Waals surface area contributed by atoms with Gasteiger partial charge in [0.2, 0.25) is 0 Å². The number of carbonyl (C=O) groups excluding carboxylic acids is 1. The van der Waals surface area contributed by atoms with Crippen LogP contribution in [0.4, 0.5) is 14.5 Å². The number of carbonyl (C=O) groups is 1. The number of nitrogens with one attached hydrogen (secondary N) is 1. The van der Waals surface area contributed by atoms with Gasteiger partial charge in [-0.25, -0.2) is 18.7 Å². The smallest absolute Gasteiger partial charge is 0.260 e. The van der Waals surface area contributed by atoms with Gasteiger partial charge in [-0.15, -0.1) is 11.8 Å². The summed E-state index contributed by atoms with van der Waals surface area (Å²) in [6.07, 6.45) is 3.27. The maximum Gasteiger partial charge on any atom is 0.260 e. The van der Waals surface area contributed by atoms with Gasteiger partial charge < -0.3 is 9.73 Å². The Labute approximate surface area is 146 Å². The molecule has 1 N–H and O–H groups in total. The third kappa shape index (κ3) is 3.53. The molecule has 2 heterocycles. The van der Waals surface area contributed by atoms with E-state index in [2.05, 4.69) is 15.3 Å². The highest BCUT2D eigenvalue weighted by atomic mass is 32.2. The molecule has 0 saturated carbocycles. The van der Waals surface area contributed by atoms with Crippen molar-refractivity contribution in [1.82, 2.24) is 9.97 Å². The molecule has 1 aromatic carbocycles. The Morgan fingerprint density at radius 1 is 1.24 bits per heavy atom. The summed E-state index contributed by atoms with van der Waals surface area (Å²) in [5.74, 6) is -1.31. The van der Waals surface area contributed by atoms with Crippen molar-refractivity contribution < 1.29 is 18.0 Å². The van der Waals surface area contributed by atoms with Gasteiger partial charge in [0.05, 0.1) is 23.2 Å². The minimum atomic E-state index is -0.857. The van der Waals surface area contributed by atoms with Crippen molar-refractivity contribution in [2.24, 2.45) is 0 Å². The topological polar surface area (TPSA) is 68.0 Å². The Kier molecular flexibility index (Phi) is 4.80. The summed E-state index contributed by atoms with van der Waals surface area (Å²) in [5.41, 5.74) is 0.533. The van der Waals surface area contributed by atoms with E-state index in [0.717, 1.165) is 12.1 Å². The van der Waals surface area contributed by atoms with Crippen LogP contribution in [0.2, 0.25) is 0 Å². The van der Waals surface area contributed by atoms with Gasteiger partial charge in [0.25, 0.3) is 5.91 Å². The number of thioether (sulfide) groups is 1. The van der Waals surface area contributed by atoms with Gasteiger partial charge in [-0.3, -0.25) is 4.79 Å². The number of rotatable bonds is 4. The number of halogens is 2. The molecule has 0 bridgehead atoms. The van der Waals surface area contributed by atoms with E-state index in [4.69, 9.17) is 4.42 Å². The molecule has 0 radical (unpaired) electrons. The van der Waals surface area contributed by atoms with Gasteiger partial charge >= 0.3 is 0 Å². The average molecular weight is 361 g/mol. The lowest BCUT2D eigenvalue weighted by Crippen LogP contribution is -2.17. The Balaban J connectivity index is 1.97. The van der Waals surface area contributed by atoms with Crippen LogP contribution in [0.15, 0.2) is 46.0 Å². The SMILES string of the molecule is CSc1nc(-c2ccco2)nc(C)c1C(=O)Nc1ccc(F)cc1F. The summed E-state index contributed by atoms with van der Waals surface area (Å²) in [7, 11) is 0. The van der Waals surface area contributed by atoms with Gasteiger partial charge in [0.1, 0.15) is 16.7 Å². The number of nitrogens with zero attached hydrogens (tertiary/aromatic N) is 2. The van der Waals surface area contributed by atoms with Crippen molar-refractivity contribution in [3.05, 3.63) is 59.5 Å². The van der Waals surface area contributed by atoms with E-state index in [-0.39, 0.29) is 11.3 Å². The Bertz CT molecular complexity index is 930. The summed E-state index contributed by atoms with van der Waals surface area (Å²) in [5, 5.41) is 2.86. The number of hydrogen-bond donors (Lipinski definition) is 1. The van der Waals surface area contributed by atoms with Gasteiger partial charge in [0.15, 0.2) is 11.6 Å². The number of benzene rings is 1. The molecule has 0 spiro atoms. The normalized spacial score (nSPS) is 10.7. The zero-order valence-electron chi connectivity index (χ0n) is 13.3. The third-order valence-corrected chi connectivity index (χ3v) is 4.08. The Hall–Kier alpha value is -2.74. The van der Waals surface area contributed by atoms with E-state index in [1.54, 1.807) is 25.3 Å². The number of anilines is 1. The van der Waals surface area contributed by atoms with Crippen LogP contribution in [-0.2, 0) is 0 Å². The first-order chi connectivity index (χ1) is 12.0. The van der Waals surface area contributed by atoms with Gasteiger partial charge in [-0.1, -0.05) is 0 Å². The van der Waals surface area contributed by atoms with E-state index in [1.807, 2.05) is 0 Å². The van der Waals surface area contributed by atoms with E-state index >= 15 is 0 Å². The second kappa shape index (κ2) is 7.02. The first-order valence-corrected chi connectivity index (χ1v) is 8.45. The van der Waals surface area contributed by atoms with E-state index in [0.29, 0.717) is 28.4 Å². The monoisotopic (exact) mass is 361 g/mol. The third-order valence-electron chi connectivity index (χ3n) is 3.40. The number of aryl methyl sites for hydroxylation is 1. The van der Waals surface area contributed by atoms with Gasteiger partial charge in [-0.05, 0) is 37.4 Å². The molecule has 0 aliphatic carbocycles. The molecule has 3 aromatic rings. The molecule has 0 unspecified atom stereocenters. The summed E-state index contributed by atoms with van der Waals surface area (Å²) in [4.78, 5) is 21.2. The van der Waals surface area contributed by atoms with Gasteiger partial charge in [-0.2, -0.15) is 0 Å². The highest BCUT2D eigenvalue weighted by Gasteiger charge is 2.21. The molecule has 128 valence electrons. The lowest BCUT2D eigenvalue weighted by atomic mass is 10.2. The van der Waals surface area contributed by atoms with Crippen molar-refractivity contribution in [3.8, 4) is 11.6 Å². The van der Waals surface area contributed by atoms with Crippen LogP contribution in [0.1, 0.15) is 16.1 Å². The maximum atomic E-state index is 13.8. The number of furan rings is 1. The molecule has 0 saturated heterocycles. The molecular weight excluding hydrogens is 348 g/mol. The number of aromatic nitrogens is 2. The molecule has 0 fully saturated rings. The van der Waals surface area contributed by atoms with E-state index < -0.39 is 17.5 Å². The molecule has 8 heteroatoms. The summed E-state index contributed by atoms with van der Waals surface area (Å²) in [6.45, 7) is 1.66. The van der Waals surface area contributed by atoms with Crippen LogP contribution in [0.3, 0.4) is 0 Å². The fraction of sp³-hybridized carbons (Fsp3) is 0.118. The fourth-order valence-corrected chi connectivity index (χ4v) is 2.87. The lowest BCUT2D eigenvalue weighted by Gasteiger charge is -2.12.